The van der Waals surface area contributed by atoms with Crippen molar-refractivity contribution in [1.82, 2.24) is 14.8 Å². The van der Waals surface area contributed by atoms with Crippen LogP contribution in [0.2, 0.25) is 0 Å². The maximum absolute atomic E-state index is 14.0. The van der Waals surface area contributed by atoms with Gasteiger partial charge in [-0.2, -0.15) is 23.3 Å². The van der Waals surface area contributed by atoms with Crippen LogP contribution in [0, 0.1) is 10.1 Å². The number of rotatable bonds is 5. The predicted molar refractivity (Wildman–Crippen MR) is 106 cm³/mol. The number of hydrogen-bond donors (Lipinski definition) is 1. The average molecular weight is 449 g/mol. The number of aromatic nitrogens is 3. The predicted octanol–water partition coefficient (Wildman–Crippen LogP) is 4.52. The number of fused-ring (bicyclic) bond motifs is 1. The zero-order valence-electron chi connectivity index (χ0n) is 15.9. The molecule has 8 nitrogen and oxygen atoms in total. The van der Waals surface area contributed by atoms with E-state index in [1.807, 2.05) is 6.92 Å². The highest BCUT2D eigenvalue weighted by Gasteiger charge is 2.46. The Morgan fingerprint density at radius 2 is 2.10 bits per heavy atom. The van der Waals surface area contributed by atoms with Gasteiger partial charge in [0.1, 0.15) is 18.1 Å². The van der Waals surface area contributed by atoms with Gasteiger partial charge in [-0.25, -0.2) is 4.68 Å². The third-order valence-corrected chi connectivity index (χ3v) is 5.98. The van der Waals surface area contributed by atoms with E-state index >= 15 is 0 Å². The fraction of sp³-hybridized carbons (Fsp3) is 0.211. The molecule has 0 unspecified atom stereocenters. The van der Waals surface area contributed by atoms with Gasteiger partial charge in [0.05, 0.1) is 15.4 Å². The summed E-state index contributed by atoms with van der Waals surface area (Å²) in [4.78, 5) is 28.7. The molecule has 31 heavy (non-hydrogen) atoms. The lowest BCUT2D eigenvalue weighted by Gasteiger charge is -2.30. The lowest BCUT2D eigenvalue weighted by Crippen LogP contribution is -2.35. The third kappa shape index (κ3) is 3.69. The highest BCUT2D eigenvalue weighted by atomic mass is 32.1. The minimum Gasteiger partial charge on any atom is -0.320 e. The summed E-state index contributed by atoms with van der Waals surface area (Å²) >= 11 is 1.10. The van der Waals surface area contributed by atoms with Crippen molar-refractivity contribution >= 4 is 28.8 Å². The molecular weight excluding hydrogens is 435 g/mol. The first kappa shape index (κ1) is 20.7. The van der Waals surface area contributed by atoms with Gasteiger partial charge in [-0.15, -0.1) is 11.3 Å². The minimum atomic E-state index is -4.90. The Kier molecular flexibility index (Phi) is 5.09. The molecule has 160 valence electrons. The molecule has 2 aromatic heterocycles. The molecule has 0 saturated heterocycles. The van der Waals surface area contributed by atoms with Gasteiger partial charge in [0.2, 0.25) is 11.7 Å². The van der Waals surface area contributed by atoms with Gasteiger partial charge in [-0.3, -0.25) is 14.9 Å². The molecule has 1 aliphatic rings. The van der Waals surface area contributed by atoms with Crippen LogP contribution in [0.4, 0.5) is 24.8 Å². The molecule has 0 saturated carbocycles. The maximum atomic E-state index is 14.0. The lowest BCUT2D eigenvalue weighted by atomic mass is 9.91. The number of ketones is 1. The first-order valence-corrected chi connectivity index (χ1v) is 9.88. The van der Waals surface area contributed by atoms with Crippen LogP contribution in [-0.2, 0) is 6.42 Å². The van der Waals surface area contributed by atoms with Gasteiger partial charge < -0.3 is 5.32 Å². The van der Waals surface area contributed by atoms with E-state index in [1.54, 1.807) is 6.07 Å². The molecule has 1 aliphatic heterocycles. The number of benzene rings is 1. The molecule has 3 aromatic rings. The van der Waals surface area contributed by atoms with Crippen LogP contribution < -0.4 is 5.32 Å². The number of nitrogens with zero attached hydrogens (tertiary/aromatic N) is 4. The Labute approximate surface area is 177 Å². The van der Waals surface area contributed by atoms with Gasteiger partial charge in [-0.05, 0) is 24.1 Å². The number of aryl methyl sites for hydroxylation is 1. The molecule has 1 N–H and O–H groups in total. The summed E-state index contributed by atoms with van der Waals surface area (Å²) < 4.78 is 43.1. The fourth-order valence-corrected chi connectivity index (χ4v) is 4.27. The zero-order valence-corrected chi connectivity index (χ0v) is 16.7. The summed E-state index contributed by atoms with van der Waals surface area (Å²) in [5, 5.41) is 17.4. The molecule has 1 aromatic carbocycles. The van der Waals surface area contributed by atoms with Crippen LogP contribution in [0.3, 0.4) is 0 Å². The lowest BCUT2D eigenvalue weighted by molar-refractivity contribution is -0.384. The van der Waals surface area contributed by atoms with Crippen molar-refractivity contribution in [3.63, 3.8) is 0 Å². The Balaban J connectivity index is 1.96. The quantitative estimate of drug-likeness (QED) is 0.349. The highest BCUT2D eigenvalue weighted by molar-refractivity contribution is 7.14. The van der Waals surface area contributed by atoms with E-state index in [0.29, 0.717) is 6.42 Å². The molecule has 0 aliphatic carbocycles. The number of halogens is 3. The van der Waals surface area contributed by atoms with Gasteiger partial charge in [0, 0.05) is 17.0 Å². The number of carbonyl (C=O) groups is 1. The second-order valence-electron chi connectivity index (χ2n) is 6.64. The van der Waals surface area contributed by atoms with E-state index in [4.69, 9.17) is 0 Å². The van der Waals surface area contributed by atoms with Crippen molar-refractivity contribution < 1.29 is 22.9 Å². The molecule has 0 fully saturated rings. The summed E-state index contributed by atoms with van der Waals surface area (Å²) in [6, 6.07) is 6.93. The van der Waals surface area contributed by atoms with E-state index in [2.05, 4.69) is 15.4 Å². The zero-order chi connectivity index (χ0) is 22.3. The molecule has 4 rings (SSSR count). The number of hydrogen-bond acceptors (Lipinski definition) is 7. The van der Waals surface area contributed by atoms with Crippen molar-refractivity contribution in [2.45, 2.75) is 25.6 Å². The molecule has 12 heteroatoms. The third-order valence-electron chi connectivity index (χ3n) is 4.76. The van der Waals surface area contributed by atoms with Crippen molar-refractivity contribution in [2.24, 2.45) is 0 Å². The monoisotopic (exact) mass is 449 g/mol. The average Bonchev–Trinajstić information content (AvgIpc) is 3.40. The number of alkyl halides is 3. The highest BCUT2D eigenvalue weighted by Crippen LogP contribution is 2.43. The SMILES string of the molecule is CCc1ccc(C(=O)C2=C(C(F)(F)F)Nc3ncnn3[C@@H]2c2cccc([N+](=O)[O-])c2)s1. The van der Waals surface area contributed by atoms with Crippen LogP contribution >= 0.6 is 11.3 Å². The Morgan fingerprint density at radius 1 is 1.32 bits per heavy atom. The number of non-ortho nitro benzene ring substituents is 1. The van der Waals surface area contributed by atoms with Gasteiger partial charge in [-0.1, -0.05) is 19.1 Å². The maximum Gasteiger partial charge on any atom is 0.431 e. The van der Waals surface area contributed by atoms with E-state index < -0.39 is 34.2 Å². The molecule has 1 atom stereocenters. The number of Topliss-reactive ketones (excluding diaryl/α,β-unsaturated/α-hetero) is 1. The van der Waals surface area contributed by atoms with Gasteiger partial charge in [0.25, 0.3) is 5.69 Å². The van der Waals surface area contributed by atoms with Crippen LogP contribution in [0.5, 0.6) is 0 Å². The summed E-state index contributed by atoms with van der Waals surface area (Å²) in [6.45, 7) is 1.87. The molecule has 0 bridgehead atoms. The second-order valence-corrected chi connectivity index (χ2v) is 7.81. The van der Waals surface area contributed by atoms with Gasteiger partial charge in [0.15, 0.2) is 0 Å². The van der Waals surface area contributed by atoms with E-state index in [9.17, 15) is 28.1 Å². The Hall–Kier alpha value is -3.54. The van der Waals surface area contributed by atoms with Crippen LogP contribution in [0.1, 0.15) is 33.1 Å². The van der Waals surface area contributed by atoms with E-state index in [1.165, 1.54) is 24.3 Å². The summed E-state index contributed by atoms with van der Waals surface area (Å²) in [6.07, 6.45) is -3.22. The number of carbonyl (C=O) groups excluding carboxylic acids is 1. The topological polar surface area (TPSA) is 103 Å². The van der Waals surface area contributed by atoms with E-state index in [-0.39, 0.29) is 22.1 Å². The normalized spacial score (nSPS) is 16.1. The molecule has 0 amide bonds. The summed E-state index contributed by atoms with van der Waals surface area (Å²) in [7, 11) is 0. The Morgan fingerprint density at radius 3 is 2.74 bits per heavy atom. The van der Waals surface area contributed by atoms with Crippen molar-refractivity contribution in [2.75, 3.05) is 5.32 Å². The molecular formula is C19H14F3N5O3S. The fourth-order valence-electron chi connectivity index (χ4n) is 3.37. The number of anilines is 1. The van der Waals surface area contributed by atoms with Crippen molar-refractivity contribution in [3.8, 4) is 0 Å². The number of thiophene rings is 1. The van der Waals surface area contributed by atoms with Gasteiger partial charge >= 0.3 is 6.18 Å². The standard InChI is InChI=1S/C19H14F3N5O3S/c1-2-12-6-7-13(31-12)16(28)14-15(10-4-3-5-11(8-10)27(29)30)26-18(23-9-24-26)25-17(14)19(20,21)22/h3-9,15H,2H2,1H3,(H,23,24,25)/t15-/m1/s1. The molecule has 0 radical (unpaired) electrons. The van der Waals surface area contributed by atoms with Crippen LogP contribution in [-0.4, -0.2) is 31.6 Å². The summed E-state index contributed by atoms with van der Waals surface area (Å²) in [5.74, 6) is -1.05. The molecule has 0 spiro atoms. The van der Waals surface area contributed by atoms with E-state index in [0.717, 1.165) is 33.3 Å². The number of allylic oxidation sites excluding steroid dienone is 2. The van der Waals surface area contributed by atoms with Crippen LogP contribution in [0.15, 0.2) is 54.0 Å². The number of nitro groups is 1. The number of nitrogens with one attached hydrogen (secondary N) is 1. The van der Waals surface area contributed by atoms with Crippen molar-refractivity contribution in [1.29, 1.82) is 0 Å². The smallest absolute Gasteiger partial charge is 0.320 e. The second kappa shape index (κ2) is 7.61. The van der Waals surface area contributed by atoms with Crippen LogP contribution in [0.25, 0.3) is 0 Å². The first-order valence-electron chi connectivity index (χ1n) is 9.06. The Bertz CT molecular complexity index is 1210. The number of nitro benzene ring substituents is 1. The van der Waals surface area contributed by atoms with Crippen molar-refractivity contribution in [3.05, 3.63) is 79.4 Å². The largest absolute Gasteiger partial charge is 0.431 e. The summed E-state index contributed by atoms with van der Waals surface area (Å²) in [5.41, 5.74) is -2.07. The first-order chi connectivity index (χ1) is 14.7. The minimum absolute atomic E-state index is 0.111. The molecule has 3 heterocycles.